The van der Waals surface area contributed by atoms with Gasteiger partial charge in [-0.15, -0.1) is 0 Å². The van der Waals surface area contributed by atoms with Crippen LogP contribution < -0.4 is 11.3 Å². The molecule has 0 radical (unpaired) electrons. The highest BCUT2D eigenvalue weighted by molar-refractivity contribution is 5.28. The van der Waals surface area contributed by atoms with Crippen LogP contribution in [0.5, 0.6) is 0 Å². The molecule has 18 heavy (non-hydrogen) atoms. The zero-order valence-corrected chi connectivity index (χ0v) is 10.5. The molecule has 98 valence electrons. The minimum atomic E-state index is -0.189. The van der Waals surface area contributed by atoms with Crippen LogP contribution in [0.15, 0.2) is 18.2 Å². The minimum absolute atomic E-state index is 0.153. The lowest BCUT2D eigenvalue weighted by molar-refractivity contribution is 0.0854. The Kier molecular flexibility index (Phi) is 3.09. The summed E-state index contributed by atoms with van der Waals surface area (Å²) in [7, 11) is 0. The third kappa shape index (κ3) is 1.94. The Morgan fingerprint density at radius 2 is 2.28 bits per heavy atom. The fourth-order valence-electron chi connectivity index (χ4n) is 3.37. The summed E-state index contributed by atoms with van der Waals surface area (Å²) in [5, 5.41) is 0. The number of nitrogens with two attached hydrogens (primary N) is 1. The predicted molar refractivity (Wildman–Crippen MR) is 67.2 cm³/mol. The Bertz CT molecular complexity index is 451. The Morgan fingerprint density at radius 1 is 1.44 bits per heavy atom. The fourth-order valence-corrected chi connectivity index (χ4v) is 3.37. The number of nitrogens with one attached hydrogen (secondary N) is 1. The fraction of sp³-hybridized carbons (Fsp3) is 0.571. The molecule has 4 heteroatoms. The van der Waals surface area contributed by atoms with Crippen molar-refractivity contribution in [2.24, 2.45) is 11.8 Å². The molecule has 1 aromatic carbocycles. The molecule has 2 aliphatic rings. The number of halogens is 1. The van der Waals surface area contributed by atoms with Crippen molar-refractivity contribution in [1.82, 2.24) is 5.43 Å². The molecule has 2 bridgehead atoms. The van der Waals surface area contributed by atoms with Crippen LogP contribution in [0, 0.1) is 18.7 Å². The summed E-state index contributed by atoms with van der Waals surface area (Å²) in [4.78, 5) is 0. The first kappa shape index (κ1) is 12.1. The van der Waals surface area contributed by atoms with E-state index in [4.69, 9.17) is 10.6 Å². The van der Waals surface area contributed by atoms with Crippen molar-refractivity contribution in [2.75, 3.05) is 0 Å². The van der Waals surface area contributed by atoms with Crippen LogP contribution >= 0.6 is 0 Å². The molecule has 0 aliphatic carbocycles. The molecule has 3 N–H and O–H groups in total. The Balaban J connectivity index is 1.90. The van der Waals surface area contributed by atoms with Gasteiger partial charge < -0.3 is 4.74 Å². The standard InChI is InChI=1S/C14H19FN2O/c1-8-2-4-12(15)10(6-8)14(17-16)11-7-9-3-5-13(11)18-9/h2,4,6,9,11,13-14,17H,3,5,7,16H2,1H3. The maximum Gasteiger partial charge on any atom is 0.128 e. The summed E-state index contributed by atoms with van der Waals surface area (Å²) in [5.74, 6) is 5.76. The Hall–Kier alpha value is -0.970. The largest absolute Gasteiger partial charge is 0.375 e. The molecule has 3 nitrogen and oxygen atoms in total. The third-order valence-electron chi connectivity index (χ3n) is 4.25. The van der Waals surface area contributed by atoms with E-state index in [2.05, 4.69) is 5.43 Å². The SMILES string of the molecule is Cc1ccc(F)c(C(NN)C2CC3CCC2O3)c1. The monoisotopic (exact) mass is 250 g/mol. The summed E-state index contributed by atoms with van der Waals surface area (Å²) in [5.41, 5.74) is 4.51. The van der Waals surface area contributed by atoms with Crippen molar-refractivity contribution in [3.63, 3.8) is 0 Å². The third-order valence-corrected chi connectivity index (χ3v) is 4.25. The molecule has 2 aliphatic heterocycles. The second-order valence-corrected chi connectivity index (χ2v) is 5.44. The van der Waals surface area contributed by atoms with Gasteiger partial charge in [0.2, 0.25) is 0 Å². The van der Waals surface area contributed by atoms with Gasteiger partial charge in [0, 0.05) is 11.5 Å². The Morgan fingerprint density at radius 3 is 2.89 bits per heavy atom. The van der Waals surface area contributed by atoms with Gasteiger partial charge in [0.05, 0.1) is 18.2 Å². The number of fused-ring (bicyclic) bond motifs is 2. The van der Waals surface area contributed by atoms with Crippen LogP contribution in [0.2, 0.25) is 0 Å². The number of ether oxygens (including phenoxy) is 1. The molecule has 0 amide bonds. The maximum absolute atomic E-state index is 14.0. The van der Waals surface area contributed by atoms with Crippen LogP contribution in [0.4, 0.5) is 4.39 Å². The van der Waals surface area contributed by atoms with Gasteiger partial charge in [0.1, 0.15) is 5.82 Å². The number of hydrazine groups is 1. The topological polar surface area (TPSA) is 47.3 Å². The molecule has 2 saturated heterocycles. The zero-order valence-electron chi connectivity index (χ0n) is 10.5. The zero-order chi connectivity index (χ0) is 12.7. The molecule has 4 unspecified atom stereocenters. The molecule has 1 aromatic rings. The lowest BCUT2D eigenvalue weighted by Crippen LogP contribution is -2.38. The van der Waals surface area contributed by atoms with Crippen molar-refractivity contribution >= 4 is 0 Å². The molecule has 2 fully saturated rings. The highest BCUT2D eigenvalue weighted by atomic mass is 19.1. The van der Waals surface area contributed by atoms with Gasteiger partial charge in [0.25, 0.3) is 0 Å². The normalized spacial score (nSPS) is 31.8. The van der Waals surface area contributed by atoms with Crippen LogP contribution in [0.25, 0.3) is 0 Å². The smallest absolute Gasteiger partial charge is 0.128 e. The highest BCUT2D eigenvalue weighted by Crippen LogP contribution is 2.44. The highest BCUT2D eigenvalue weighted by Gasteiger charge is 2.45. The lowest BCUT2D eigenvalue weighted by atomic mass is 9.81. The van der Waals surface area contributed by atoms with E-state index < -0.39 is 0 Å². The van der Waals surface area contributed by atoms with Gasteiger partial charge in [-0.25, -0.2) is 4.39 Å². The van der Waals surface area contributed by atoms with E-state index in [-0.39, 0.29) is 23.9 Å². The van der Waals surface area contributed by atoms with Crippen LogP contribution in [0.1, 0.15) is 36.4 Å². The van der Waals surface area contributed by atoms with Gasteiger partial charge in [-0.3, -0.25) is 11.3 Å². The molecule has 4 atom stereocenters. The second-order valence-electron chi connectivity index (χ2n) is 5.44. The molecule has 2 heterocycles. The number of aryl methyl sites for hydroxylation is 1. The predicted octanol–water partition coefficient (Wildman–Crippen LogP) is 2.21. The van der Waals surface area contributed by atoms with E-state index >= 15 is 0 Å². The quantitative estimate of drug-likeness (QED) is 0.638. The van der Waals surface area contributed by atoms with Gasteiger partial charge in [0.15, 0.2) is 0 Å². The summed E-state index contributed by atoms with van der Waals surface area (Å²) in [6.45, 7) is 1.97. The van der Waals surface area contributed by atoms with E-state index in [1.165, 1.54) is 6.07 Å². The summed E-state index contributed by atoms with van der Waals surface area (Å²) >= 11 is 0. The number of rotatable bonds is 3. The summed E-state index contributed by atoms with van der Waals surface area (Å²) < 4.78 is 19.8. The van der Waals surface area contributed by atoms with E-state index in [0.717, 1.165) is 24.8 Å². The van der Waals surface area contributed by atoms with E-state index in [9.17, 15) is 4.39 Å². The Labute approximate surface area is 106 Å². The first-order valence-corrected chi connectivity index (χ1v) is 6.56. The second kappa shape index (κ2) is 4.61. The van der Waals surface area contributed by atoms with Crippen LogP contribution in [-0.2, 0) is 4.74 Å². The maximum atomic E-state index is 14.0. The van der Waals surface area contributed by atoms with Gasteiger partial charge in [-0.2, -0.15) is 0 Å². The van der Waals surface area contributed by atoms with Crippen LogP contribution in [0.3, 0.4) is 0 Å². The molecular weight excluding hydrogens is 231 g/mol. The summed E-state index contributed by atoms with van der Waals surface area (Å²) in [6, 6.07) is 5.03. The van der Waals surface area contributed by atoms with Crippen molar-refractivity contribution in [1.29, 1.82) is 0 Å². The molecular formula is C14H19FN2O. The van der Waals surface area contributed by atoms with Crippen molar-refractivity contribution in [3.05, 3.63) is 35.1 Å². The molecule has 3 rings (SSSR count). The average molecular weight is 250 g/mol. The van der Waals surface area contributed by atoms with Gasteiger partial charge >= 0.3 is 0 Å². The molecule has 0 aromatic heterocycles. The molecule has 0 saturated carbocycles. The van der Waals surface area contributed by atoms with Gasteiger partial charge in [-0.05, 0) is 32.3 Å². The number of benzene rings is 1. The average Bonchev–Trinajstić information content (AvgIpc) is 2.97. The summed E-state index contributed by atoms with van der Waals surface area (Å²) in [6.07, 6.45) is 3.77. The lowest BCUT2D eigenvalue weighted by Gasteiger charge is -2.28. The number of hydrogen-bond acceptors (Lipinski definition) is 3. The van der Waals surface area contributed by atoms with Crippen molar-refractivity contribution in [3.8, 4) is 0 Å². The first-order valence-electron chi connectivity index (χ1n) is 6.56. The molecule has 0 spiro atoms. The van der Waals surface area contributed by atoms with E-state index in [1.807, 2.05) is 13.0 Å². The van der Waals surface area contributed by atoms with Crippen LogP contribution in [-0.4, -0.2) is 12.2 Å². The van der Waals surface area contributed by atoms with Gasteiger partial charge in [-0.1, -0.05) is 17.7 Å². The first-order chi connectivity index (χ1) is 8.69. The van der Waals surface area contributed by atoms with Crippen molar-refractivity contribution in [2.45, 2.75) is 44.4 Å². The van der Waals surface area contributed by atoms with E-state index in [1.54, 1.807) is 6.07 Å². The number of hydrogen-bond donors (Lipinski definition) is 2. The van der Waals surface area contributed by atoms with E-state index in [0.29, 0.717) is 11.7 Å². The van der Waals surface area contributed by atoms with Crippen molar-refractivity contribution < 1.29 is 9.13 Å². The minimum Gasteiger partial charge on any atom is -0.375 e.